The minimum atomic E-state index is -0.367. The lowest BCUT2D eigenvalue weighted by Gasteiger charge is -2.10. The van der Waals surface area contributed by atoms with Crippen LogP contribution >= 0.6 is 27.5 Å². The van der Waals surface area contributed by atoms with Crippen molar-refractivity contribution in [3.63, 3.8) is 0 Å². The number of hydrogen-bond donors (Lipinski definition) is 1. The molecule has 2 nitrogen and oxygen atoms in total. The number of halogens is 3. The van der Waals surface area contributed by atoms with E-state index in [0.29, 0.717) is 27.0 Å². The Morgan fingerprint density at radius 2 is 2.05 bits per heavy atom. The molecule has 21 heavy (non-hydrogen) atoms. The van der Waals surface area contributed by atoms with Crippen molar-refractivity contribution >= 4 is 27.5 Å². The minimum Gasteiger partial charge on any atom is -0.456 e. The zero-order valence-electron chi connectivity index (χ0n) is 11.2. The number of nitrogens with one attached hydrogen (secondary N) is 1. The smallest absolute Gasteiger partial charge is 0.146 e. The van der Waals surface area contributed by atoms with E-state index in [1.54, 1.807) is 12.1 Å². The molecule has 0 bridgehead atoms. The van der Waals surface area contributed by atoms with Crippen molar-refractivity contribution in [3.8, 4) is 11.5 Å². The number of hydrogen-bond acceptors (Lipinski definition) is 2. The summed E-state index contributed by atoms with van der Waals surface area (Å²) in [6.07, 6.45) is 2.51. The zero-order valence-corrected chi connectivity index (χ0v) is 13.5. The van der Waals surface area contributed by atoms with E-state index < -0.39 is 0 Å². The van der Waals surface area contributed by atoms with Gasteiger partial charge in [0.25, 0.3) is 0 Å². The van der Waals surface area contributed by atoms with Crippen molar-refractivity contribution in [2.24, 2.45) is 0 Å². The van der Waals surface area contributed by atoms with Gasteiger partial charge in [-0.25, -0.2) is 4.39 Å². The van der Waals surface area contributed by atoms with Crippen LogP contribution in [0.5, 0.6) is 11.5 Å². The number of benzene rings is 2. The van der Waals surface area contributed by atoms with Crippen LogP contribution in [0.25, 0.3) is 0 Å². The molecule has 0 spiro atoms. The summed E-state index contributed by atoms with van der Waals surface area (Å²) in [7, 11) is 0. The van der Waals surface area contributed by atoms with Crippen molar-refractivity contribution in [2.75, 3.05) is 0 Å². The molecule has 0 atom stereocenters. The highest BCUT2D eigenvalue weighted by Crippen LogP contribution is 2.32. The molecule has 0 radical (unpaired) electrons. The van der Waals surface area contributed by atoms with Gasteiger partial charge in [-0.05, 0) is 58.6 Å². The molecule has 0 amide bonds. The zero-order chi connectivity index (χ0) is 14.8. The Bertz CT molecular complexity index is 661. The molecule has 0 saturated heterocycles. The SMILES string of the molecule is Fc1cc(Oc2ccc(CNC3CC3)cc2Cl)ccc1Br. The summed E-state index contributed by atoms with van der Waals surface area (Å²) in [4.78, 5) is 0. The fourth-order valence-corrected chi connectivity index (χ4v) is 2.44. The van der Waals surface area contributed by atoms with E-state index in [9.17, 15) is 4.39 Å². The topological polar surface area (TPSA) is 21.3 Å². The molecular weight excluding hydrogens is 357 g/mol. The minimum absolute atomic E-state index is 0.367. The lowest BCUT2D eigenvalue weighted by Crippen LogP contribution is -2.15. The Labute approximate surface area is 136 Å². The van der Waals surface area contributed by atoms with Gasteiger partial charge in [0.1, 0.15) is 17.3 Å². The summed E-state index contributed by atoms with van der Waals surface area (Å²) >= 11 is 9.33. The first-order valence-electron chi connectivity index (χ1n) is 6.76. The van der Waals surface area contributed by atoms with Crippen LogP contribution in [0.4, 0.5) is 4.39 Å². The third-order valence-corrected chi connectivity index (χ3v) is 4.23. The largest absolute Gasteiger partial charge is 0.456 e. The van der Waals surface area contributed by atoms with Crippen LogP contribution in [-0.4, -0.2) is 6.04 Å². The van der Waals surface area contributed by atoms with Gasteiger partial charge in [0, 0.05) is 18.7 Å². The molecule has 1 fully saturated rings. The summed E-state index contributed by atoms with van der Waals surface area (Å²) in [5.74, 6) is 0.573. The monoisotopic (exact) mass is 369 g/mol. The highest BCUT2D eigenvalue weighted by atomic mass is 79.9. The molecular formula is C16H14BrClFNO. The molecule has 1 aliphatic carbocycles. The predicted octanol–water partition coefficient (Wildman–Crippen LogP) is 5.29. The number of rotatable bonds is 5. The highest BCUT2D eigenvalue weighted by molar-refractivity contribution is 9.10. The molecule has 110 valence electrons. The van der Waals surface area contributed by atoms with Crippen LogP contribution in [0, 0.1) is 5.82 Å². The van der Waals surface area contributed by atoms with Gasteiger partial charge in [-0.1, -0.05) is 17.7 Å². The molecule has 0 aromatic heterocycles. The molecule has 0 heterocycles. The number of ether oxygens (including phenoxy) is 1. The third-order valence-electron chi connectivity index (χ3n) is 3.29. The molecule has 0 unspecified atom stereocenters. The van der Waals surface area contributed by atoms with E-state index >= 15 is 0 Å². The normalized spacial score (nSPS) is 14.2. The average molecular weight is 371 g/mol. The van der Waals surface area contributed by atoms with Crippen molar-refractivity contribution in [2.45, 2.75) is 25.4 Å². The van der Waals surface area contributed by atoms with Crippen LogP contribution in [0.1, 0.15) is 18.4 Å². The first kappa shape index (κ1) is 14.8. The predicted molar refractivity (Wildman–Crippen MR) is 85.5 cm³/mol. The van der Waals surface area contributed by atoms with Crippen LogP contribution in [-0.2, 0) is 6.54 Å². The average Bonchev–Trinajstić information content (AvgIpc) is 3.27. The first-order valence-corrected chi connectivity index (χ1v) is 7.93. The fraction of sp³-hybridized carbons (Fsp3) is 0.250. The van der Waals surface area contributed by atoms with Crippen LogP contribution < -0.4 is 10.1 Å². The van der Waals surface area contributed by atoms with Gasteiger partial charge in [-0.15, -0.1) is 0 Å². The Hall–Kier alpha value is -1.10. The van der Waals surface area contributed by atoms with Crippen molar-refractivity contribution < 1.29 is 9.13 Å². The standard InChI is InChI=1S/C16H14BrClFNO/c17-13-5-4-12(8-15(13)19)21-16-6-1-10(7-14(16)18)9-20-11-2-3-11/h1,4-8,11,20H,2-3,9H2. The van der Waals surface area contributed by atoms with Gasteiger partial charge < -0.3 is 10.1 Å². The molecule has 1 aliphatic rings. The van der Waals surface area contributed by atoms with E-state index in [0.717, 1.165) is 12.1 Å². The second-order valence-corrected chi connectivity index (χ2v) is 6.36. The maximum atomic E-state index is 13.5. The Morgan fingerprint density at radius 1 is 1.24 bits per heavy atom. The van der Waals surface area contributed by atoms with Crippen LogP contribution in [0.15, 0.2) is 40.9 Å². The molecule has 1 N–H and O–H groups in total. The van der Waals surface area contributed by atoms with Gasteiger partial charge in [0.05, 0.1) is 9.50 Å². The van der Waals surface area contributed by atoms with E-state index in [2.05, 4.69) is 21.2 Å². The van der Waals surface area contributed by atoms with Gasteiger partial charge in [-0.3, -0.25) is 0 Å². The molecule has 1 saturated carbocycles. The van der Waals surface area contributed by atoms with E-state index in [-0.39, 0.29) is 5.82 Å². The molecule has 0 aliphatic heterocycles. The van der Waals surface area contributed by atoms with Crippen molar-refractivity contribution in [1.29, 1.82) is 0 Å². The Balaban J connectivity index is 1.70. The van der Waals surface area contributed by atoms with Gasteiger partial charge >= 0.3 is 0 Å². The van der Waals surface area contributed by atoms with E-state index in [4.69, 9.17) is 16.3 Å². The summed E-state index contributed by atoms with van der Waals surface area (Å²) in [6, 6.07) is 10.9. The van der Waals surface area contributed by atoms with Crippen molar-refractivity contribution in [1.82, 2.24) is 5.32 Å². The van der Waals surface area contributed by atoms with Crippen LogP contribution in [0.2, 0.25) is 5.02 Å². The molecule has 5 heteroatoms. The van der Waals surface area contributed by atoms with Crippen LogP contribution in [0.3, 0.4) is 0 Å². The summed E-state index contributed by atoms with van der Waals surface area (Å²) < 4.78 is 19.5. The Kier molecular flexibility index (Phi) is 4.48. The lowest BCUT2D eigenvalue weighted by atomic mass is 10.2. The molecule has 2 aromatic carbocycles. The highest BCUT2D eigenvalue weighted by Gasteiger charge is 2.20. The second kappa shape index (κ2) is 6.34. The van der Waals surface area contributed by atoms with E-state index in [1.165, 1.54) is 18.9 Å². The summed E-state index contributed by atoms with van der Waals surface area (Å²) in [5.41, 5.74) is 1.11. The van der Waals surface area contributed by atoms with Gasteiger partial charge in [0.2, 0.25) is 0 Å². The summed E-state index contributed by atoms with van der Waals surface area (Å²) in [6.45, 7) is 0.803. The first-order chi connectivity index (χ1) is 10.1. The Morgan fingerprint density at radius 3 is 2.71 bits per heavy atom. The van der Waals surface area contributed by atoms with Gasteiger partial charge in [-0.2, -0.15) is 0 Å². The molecule has 2 aromatic rings. The lowest BCUT2D eigenvalue weighted by molar-refractivity contribution is 0.476. The second-order valence-electron chi connectivity index (χ2n) is 5.10. The quantitative estimate of drug-likeness (QED) is 0.772. The van der Waals surface area contributed by atoms with Crippen molar-refractivity contribution in [3.05, 3.63) is 57.3 Å². The third kappa shape index (κ3) is 3.96. The maximum absolute atomic E-state index is 13.5. The maximum Gasteiger partial charge on any atom is 0.146 e. The molecule has 3 rings (SSSR count). The van der Waals surface area contributed by atoms with E-state index in [1.807, 2.05) is 18.2 Å². The fourth-order valence-electron chi connectivity index (χ4n) is 1.95. The summed E-state index contributed by atoms with van der Waals surface area (Å²) in [5, 5.41) is 3.95. The van der Waals surface area contributed by atoms with Gasteiger partial charge in [0.15, 0.2) is 0 Å².